The fourth-order valence-electron chi connectivity index (χ4n) is 2.55. The SMILES string of the molecule is CN(C)c1ccc(NC2CSCC(C)(C)C2)cc1Cl. The summed E-state index contributed by atoms with van der Waals surface area (Å²) in [6, 6.07) is 6.76. The van der Waals surface area contributed by atoms with Crippen LogP contribution in [-0.4, -0.2) is 31.6 Å². The minimum absolute atomic E-state index is 0.425. The van der Waals surface area contributed by atoms with Crippen LogP contribution in [0.2, 0.25) is 5.02 Å². The monoisotopic (exact) mass is 298 g/mol. The van der Waals surface area contributed by atoms with Gasteiger partial charge in [0.25, 0.3) is 0 Å². The summed E-state index contributed by atoms with van der Waals surface area (Å²) in [5, 5.41) is 4.42. The van der Waals surface area contributed by atoms with Gasteiger partial charge in [0.2, 0.25) is 0 Å². The third-order valence-electron chi connectivity index (χ3n) is 3.41. The van der Waals surface area contributed by atoms with Crippen LogP contribution >= 0.6 is 23.4 Å². The largest absolute Gasteiger partial charge is 0.381 e. The lowest BCUT2D eigenvalue weighted by Gasteiger charge is -2.35. The van der Waals surface area contributed by atoms with Crippen molar-refractivity contribution in [2.75, 3.05) is 35.8 Å². The number of benzene rings is 1. The van der Waals surface area contributed by atoms with Crippen molar-refractivity contribution in [1.82, 2.24) is 0 Å². The molecule has 1 heterocycles. The lowest BCUT2D eigenvalue weighted by molar-refractivity contribution is 0.358. The van der Waals surface area contributed by atoms with Crippen LogP contribution in [0.25, 0.3) is 0 Å². The summed E-state index contributed by atoms with van der Waals surface area (Å²) in [5.74, 6) is 2.43. The van der Waals surface area contributed by atoms with Crippen molar-refractivity contribution in [1.29, 1.82) is 0 Å². The van der Waals surface area contributed by atoms with E-state index in [0.29, 0.717) is 11.5 Å². The normalized spacial score (nSPS) is 22.1. The minimum Gasteiger partial charge on any atom is -0.381 e. The molecule has 1 saturated heterocycles. The first-order valence-electron chi connectivity index (χ1n) is 6.68. The maximum Gasteiger partial charge on any atom is 0.0659 e. The third kappa shape index (κ3) is 3.96. The molecule has 0 amide bonds. The van der Waals surface area contributed by atoms with Crippen LogP contribution in [0.1, 0.15) is 20.3 Å². The van der Waals surface area contributed by atoms with Gasteiger partial charge in [-0.25, -0.2) is 0 Å². The highest BCUT2D eigenvalue weighted by atomic mass is 35.5. The number of nitrogens with one attached hydrogen (secondary N) is 1. The summed E-state index contributed by atoms with van der Waals surface area (Å²) in [6.07, 6.45) is 1.22. The van der Waals surface area contributed by atoms with Gasteiger partial charge in [-0.2, -0.15) is 11.8 Å². The Morgan fingerprint density at radius 3 is 2.68 bits per heavy atom. The van der Waals surface area contributed by atoms with Gasteiger partial charge in [0.05, 0.1) is 10.7 Å². The van der Waals surface area contributed by atoms with Crippen molar-refractivity contribution in [3.8, 4) is 0 Å². The highest BCUT2D eigenvalue weighted by Crippen LogP contribution is 2.35. The molecule has 1 unspecified atom stereocenters. The Morgan fingerprint density at radius 1 is 1.37 bits per heavy atom. The summed E-state index contributed by atoms with van der Waals surface area (Å²) in [4.78, 5) is 2.03. The summed E-state index contributed by atoms with van der Waals surface area (Å²) < 4.78 is 0. The zero-order valence-corrected chi connectivity index (χ0v) is 13.7. The van der Waals surface area contributed by atoms with Gasteiger partial charge >= 0.3 is 0 Å². The van der Waals surface area contributed by atoms with E-state index in [0.717, 1.165) is 16.4 Å². The van der Waals surface area contributed by atoms with Crippen molar-refractivity contribution >= 4 is 34.7 Å². The molecule has 1 atom stereocenters. The molecule has 0 bridgehead atoms. The van der Waals surface area contributed by atoms with Gasteiger partial charge in [-0.1, -0.05) is 25.4 Å². The van der Waals surface area contributed by atoms with Crippen LogP contribution in [-0.2, 0) is 0 Å². The quantitative estimate of drug-likeness (QED) is 0.893. The van der Waals surface area contributed by atoms with Crippen LogP contribution in [0, 0.1) is 5.41 Å². The number of anilines is 2. The molecule has 0 saturated carbocycles. The molecule has 1 N–H and O–H groups in total. The van der Waals surface area contributed by atoms with E-state index < -0.39 is 0 Å². The number of hydrogen-bond donors (Lipinski definition) is 1. The van der Waals surface area contributed by atoms with Crippen LogP contribution in [0.4, 0.5) is 11.4 Å². The first-order chi connectivity index (χ1) is 8.87. The van der Waals surface area contributed by atoms with Crippen LogP contribution in [0.15, 0.2) is 18.2 Å². The maximum absolute atomic E-state index is 6.31. The van der Waals surface area contributed by atoms with E-state index in [1.54, 1.807) is 0 Å². The predicted octanol–water partition coefficient (Wildman–Crippen LogP) is 4.35. The summed E-state index contributed by atoms with van der Waals surface area (Å²) in [5.41, 5.74) is 2.61. The van der Waals surface area contributed by atoms with E-state index in [-0.39, 0.29) is 0 Å². The van der Waals surface area contributed by atoms with E-state index >= 15 is 0 Å². The van der Waals surface area contributed by atoms with E-state index in [9.17, 15) is 0 Å². The van der Waals surface area contributed by atoms with Gasteiger partial charge < -0.3 is 10.2 Å². The van der Waals surface area contributed by atoms with Gasteiger partial charge in [0.15, 0.2) is 0 Å². The Hall–Kier alpha value is -0.540. The Kier molecular flexibility index (Phi) is 4.57. The number of nitrogens with zero attached hydrogens (tertiary/aromatic N) is 1. The fourth-order valence-corrected chi connectivity index (χ4v) is 4.17. The molecule has 1 aliphatic rings. The third-order valence-corrected chi connectivity index (χ3v) is 5.34. The van der Waals surface area contributed by atoms with Gasteiger partial charge in [0, 0.05) is 31.6 Å². The number of halogens is 1. The topological polar surface area (TPSA) is 15.3 Å². The van der Waals surface area contributed by atoms with Crippen molar-refractivity contribution in [2.24, 2.45) is 5.41 Å². The second-order valence-corrected chi connectivity index (χ2v) is 7.72. The molecule has 106 valence electrons. The fraction of sp³-hybridized carbons (Fsp3) is 0.600. The molecule has 1 aliphatic heterocycles. The first kappa shape index (κ1) is 14.9. The predicted molar refractivity (Wildman–Crippen MR) is 88.9 cm³/mol. The Balaban J connectivity index is 2.05. The molecule has 2 nitrogen and oxygen atoms in total. The average molecular weight is 299 g/mol. The zero-order chi connectivity index (χ0) is 14.0. The van der Waals surface area contributed by atoms with Gasteiger partial charge in [-0.15, -0.1) is 0 Å². The number of thioether (sulfide) groups is 1. The first-order valence-corrected chi connectivity index (χ1v) is 8.22. The van der Waals surface area contributed by atoms with Gasteiger partial charge in [-0.3, -0.25) is 0 Å². The summed E-state index contributed by atoms with van der Waals surface area (Å²) in [7, 11) is 4.02. The second kappa shape index (κ2) is 5.84. The molecule has 1 fully saturated rings. The highest BCUT2D eigenvalue weighted by Gasteiger charge is 2.28. The molecule has 1 aromatic carbocycles. The molecule has 1 aromatic rings. The number of hydrogen-bond acceptors (Lipinski definition) is 3. The Morgan fingerprint density at radius 2 is 2.11 bits per heavy atom. The number of rotatable bonds is 3. The summed E-state index contributed by atoms with van der Waals surface area (Å²) in [6.45, 7) is 4.69. The lowest BCUT2D eigenvalue weighted by atomic mass is 9.88. The van der Waals surface area contributed by atoms with Crippen molar-refractivity contribution in [2.45, 2.75) is 26.3 Å². The molecule has 19 heavy (non-hydrogen) atoms. The molecular weight excluding hydrogens is 276 g/mol. The molecule has 0 aliphatic carbocycles. The smallest absolute Gasteiger partial charge is 0.0659 e. The highest BCUT2D eigenvalue weighted by molar-refractivity contribution is 7.99. The zero-order valence-electron chi connectivity index (χ0n) is 12.2. The minimum atomic E-state index is 0.425. The van der Waals surface area contributed by atoms with Gasteiger partial charge in [0.1, 0.15) is 0 Å². The molecule has 2 rings (SSSR count). The Labute approximate surface area is 125 Å². The Bertz CT molecular complexity index is 446. The molecule has 4 heteroatoms. The molecule has 0 radical (unpaired) electrons. The van der Waals surface area contributed by atoms with Gasteiger partial charge in [-0.05, 0) is 35.8 Å². The van der Waals surface area contributed by atoms with E-state index in [1.807, 2.05) is 36.8 Å². The molecule has 0 spiro atoms. The van der Waals surface area contributed by atoms with Crippen molar-refractivity contribution in [3.05, 3.63) is 23.2 Å². The van der Waals surface area contributed by atoms with Crippen LogP contribution in [0.3, 0.4) is 0 Å². The molecule has 0 aromatic heterocycles. The van der Waals surface area contributed by atoms with Crippen molar-refractivity contribution in [3.63, 3.8) is 0 Å². The average Bonchev–Trinajstić information content (AvgIpc) is 2.27. The maximum atomic E-state index is 6.31. The van der Waals surface area contributed by atoms with E-state index in [4.69, 9.17) is 11.6 Å². The van der Waals surface area contributed by atoms with Crippen LogP contribution < -0.4 is 10.2 Å². The van der Waals surface area contributed by atoms with E-state index in [1.165, 1.54) is 17.9 Å². The summed E-state index contributed by atoms with van der Waals surface area (Å²) >= 11 is 8.35. The lowest BCUT2D eigenvalue weighted by Crippen LogP contribution is -2.35. The van der Waals surface area contributed by atoms with E-state index in [2.05, 4.69) is 31.3 Å². The molecular formula is C15H23ClN2S. The second-order valence-electron chi connectivity index (χ2n) is 6.29. The standard InChI is InChI=1S/C15H23ClN2S/c1-15(2)8-12(9-19-10-15)17-11-5-6-14(18(3)4)13(16)7-11/h5-7,12,17H,8-10H2,1-4H3. The van der Waals surface area contributed by atoms with Crippen LogP contribution in [0.5, 0.6) is 0 Å². The van der Waals surface area contributed by atoms with Crippen molar-refractivity contribution < 1.29 is 0 Å².